The van der Waals surface area contributed by atoms with Crippen LogP contribution in [-0.2, 0) is 5.41 Å². The average molecular weight is 406 g/mol. The van der Waals surface area contributed by atoms with Crippen LogP contribution in [0.1, 0.15) is 43.2 Å². The van der Waals surface area contributed by atoms with Gasteiger partial charge in [0.05, 0.1) is 0 Å². The van der Waals surface area contributed by atoms with Crippen molar-refractivity contribution in [2.45, 2.75) is 37.5 Å². The number of rotatable bonds is 2. The molecule has 0 heterocycles. The molecule has 1 fully saturated rings. The lowest BCUT2D eigenvalue weighted by Crippen LogP contribution is -2.32. The monoisotopic (exact) mass is 404 g/mol. The summed E-state index contributed by atoms with van der Waals surface area (Å²) in [6, 6.07) is 5.95. The molecule has 1 aliphatic carbocycles. The Morgan fingerprint density at radius 1 is 0.625 bits per heavy atom. The maximum absolute atomic E-state index is 9.76. The van der Waals surface area contributed by atoms with Gasteiger partial charge < -0.3 is 10.2 Å². The summed E-state index contributed by atoms with van der Waals surface area (Å²) >= 11 is 25.9. The predicted octanol–water partition coefficient (Wildman–Crippen LogP) is 6.96. The summed E-state index contributed by atoms with van der Waals surface area (Å²) in [7, 11) is 0. The molecule has 0 bridgehead atoms. The van der Waals surface area contributed by atoms with Crippen molar-refractivity contribution in [1.82, 2.24) is 0 Å². The van der Waals surface area contributed by atoms with Crippen LogP contribution in [0, 0.1) is 0 Å². The fraction of sp³-hybridized carbons (Fsp3) is 0.333. The van der Waals surface area contributed by atoms with Crippen LogP contribution in [0.5, 0.6) is 11.5 Å². The second kappa shape index (κ2) is 6.84. The Hall–Kier alpha value is -0.800. The topological polar surface area (TPSA) is 40.5 Å². The molecule has 1 saturated carbocycles. The lowest BCUT2D eigenvalue weighted by molar-refractivity contribution is 0.345. The van der Waals surface area contributed by atoms with E-state index in [9.17, 15) is 10.2 Å². The smallest absolute Gasteiger partial charge is 0.118 e. The zero-order valence-electron chi connectivity index (χ0n) is 12.8. The number of halogens is 4. The summed E-state index contributed by atoms with van der Waals surface area (Å²) in [6.45, 7) is 0. The number of hydrogen-bond acceptors (Lipinski definition) is 2. The molecule has 24 heavy (non-hydrogen) atoms. The van der Waals surface area contributed by atoms with Gasteiger partial charge in [-0.3, -0.25) is 0 Å². The first-order chi connectivity index (χ1) is 11.3. The Morgan fingerprint density at radius 2 is 0.958 bits per heavy atom. The van der Waals surface area contributed by atoms with Gasteiger partial charge in [0, 0.05) is 36.6 Å². The standard InChI is InChI=1S/C18H16Cl4O2/c19-12-6-10(23)7-13(20)16(12)18(4-2-1-3-5-18)17-14(21)8-11(24)9-15(17)22/h6-9,23-24H,1-5H2. The first-order valence-electron chi connectivity index (χ1n) is 7.72. The number of aromatic hydroxyl groups is 2. The highest BCUT2D eigenvalue weighted by atomic mass is 35.5. The molecule has 0 saturated heterocycles. The second-order valence-corrected chi connectivity index (χ2v) is 7.84. The third-order valence-electron chi connectivity index (χ3n) is 4.72. The Kier molecular flexibility index (Phi) is 5.13. The number of benzene rings is 2. The van der Waals surface area contributed by atoms with Crippen molar-refractivity contribution in [3.63, 3.8) is 0 Å². The molecule has 2 aromatic rings. The quantitative estimate of drug-likeness (QED) is 0.566. The highest BCUT2D eigenvalue weighted by Crippen LogP contribution is 2.54. The van der Waals surface area contributed by atoms with E-state index in [1.807, 2.05) is 0 Å². The molecule has 2 N–H and O–H groups in total. The number of phenols is 2. The molecule has 0 aliphatic heterocycles. The van der Waals surface area contributed by atoms with Gasteiger partial charge in [-0.15, -0.1) is 0 Å². The van der Waals surface area contributed by atoms with E-state index in [2.05, 4.69) is 0 Å². The Labute approximate surface area is 160 Å². The van der Waals surface area contributed by atoms with Crippen LogP contribution in [0.2, 0.25) is 20.1 Å². The van der Waals surface area contributed by atoms with Gasteiger partial charge in [-0.1, -0.05) is 65.7 Å². The molecule has 128 valence electrons. The number of hydrogen-bond donors (Lipinski definition) is 2. The average Bonchev–Trinajstić information content (AvgIpc) is 2.45. The molecule has 0 spiro atoms. The van der Waals surface area contributed by atoms with Crippen molar-refractivity contribution in [2.75, 3.05) is 0 Å². The normalized spacial score (nSPS) is 17.0. The van der Waals surface area contributed by atoms with Crippen LogP contribution in [0.3, 0.4) is 0 Å². The van der Waals surface area contributed by atoms with E-state index < -0.39 is 5.41 Å². The fourth-order valence-corrected chi connectivity index (χ4v) is 5.49. The van der Waals surface area contributed by atoms with Gasteiger partial charge in [0.25, 0.3) is 0 Å². The first-order valence-corrected chi connectivity index (χ1v) is 9.23. The zero-order valence-corrected chi connectivity index (χ0v) is 15.8. The number of phenolic OH excluding ortho intramolecular Hbond substituents is 2. The summed E-state index contributed by atoms with van der Waals surface area (Å²) < 4.78 is 0. The molecule has 2 aromatic carbocycles. The summed E-state index contributed by atoms with van der Waals surface area (Å²) in [5.41, 5.74) is 0.928. The van der Waals surface area contributed by atoms with Crippen LogP contribution in [0.15, 0.2) is 24.3 Å². The van der Waals surface area contributed by atoms with E-state index >= 15 is 0 Å². The lowest BCUT2D eigenvalue weighted by Gasteiger charge is -2.40. The van der Waals surface area contributed by atoms with Gasteiger partial charge in [-0.25, -0.2) is 0 Å². The molecular weight excluding hydrogens is 390 g/mol. The molecule has 6 heteroatoms. The minimum atomic E-state index is -0.540. The van der Waals surface area contributed by atoms with Crippen LogP contribution in [0.25, 0.3) is 0 Å². The minimum Gasteiger partial charge on any atom is -0.508 e. The maximum atomic E-state index is 9.76. The first kappa shape index (κ1) is 18.0. The molecule has 0 atom stereocenters. The minimum absolute atomic E-state index is 0.0163. The molecule has 0 aromatic heterocycles. The molecule has 0 radical (unpaired) electrons. The van der Waals surface area contributed by atoms with E-state index in [1.54, 1.807) is 0 Å². The van der Waals surface area contributed by atoms with Gasteiger partial charge in [-0.2, -0.15) is 0 Å². The molecule has 2 nitrogen and oxygen atoms in total. The molecular formula is C18H16Cl4O2. The summed E-state index contributed by atoms with van der Waals surface area (Å²) in [4.78, 5) is 0. The molecule has 0 amide bonds. The summed E-state index contributed by atoms with van der Waals surface area (Å²) in [5, 5.41) is 21.1. The Balaban J connectivity index is 2.32. The zero-order chi connectivity index (χ0) is 17.5. The van der Waals surface area contributed by atoms with E-state index in [1.165, 1.54) is 24.3 Å². The van der Waals surface area contributed by atoms with E-state index in [0.717, 1.165) is 43.2 Å². The van der Waals surface area contributed by atoms with Gasteiger partial charge in [0.15, 0.2) is 0 Å². The predicted molar refractivity (Wildman–Crippen MR) is 100 cm³/mol. The lowest BCUT2D eigenvalue weighted by atomic mass is 9.65. The third-order valence-corrected chi connectivity index (χ3v) is 5.91. The van der Waals surface area contributed by atoms with Crippen LogP contribution >= 0.6 is 46.4 Å². The van der Waals surface area contributed by atoms with Gasteiger partial charge in [-0.05, 0) is 37.1 Å². The SMILES string of the molecule is Oc1cc(Cl)c(C2(c3c(Cl)cc(O)cc3Cl)CCCCC2)c(Cl)c1. The van der Waals surface area contributed by atoms with E-state index in [-0.39, 0.29) is 11.5 Å². The summed E-state index contributed by atoms with van der Waals surface area (Å²) in [6.07, 6.45) is 4.67. The van der Waals surface area contributed by atoms with Crippen LogP contribution < -0.4 is 0 Å². The van der Waals surface area contributed by atoms with Crippen molar-refractivity contribution in [1.29, 1.82) is 0 Å². The van der Waals surface area contributed by atoms with Gasteiger partial charge in [0.2, 0.25) is 0 Å². The van der Waals surface area contributed by atoms with Crippen molar-refractivity contribution in [3.05, 3.63) is 55.5 Å². The van der Waals surface area contributed by atoms with Gasteiger partial charge >= 0.3 is 0 Å². The largest absolute Gasteiger partial charge is 0.508 e. The fourth-order valence-electron chi connectivity index (χ4n) is 3.81. The third kappa shape index (κ3) is 3.06. The van der Waals surface area contributed by atoms with E-state index in [4.69, 9.17) is 46.4 Å². The molecule has 0 unspecified atom stereocenters. The second-order valence-electron chi connectivity index (χ2n) is 6.21. The van der Waals surface area contributed by atoms with Crippen molar-refractivity contribution >= 4 is 46.4 Å². The van der Waals surface area contributed by atoms with Gasteiger partial charge in [0.1, 0.15) is 11.5 Å². The highest BCUT2D eigenvalue weighted by Gasteiger charge is 2.42. The highest BCUT2D eigenvalue weighted by molar-refractivity contribution is 6.38. The Bertz CT molecular complexity index is 677. The van der Waals surface area contributed by atoms with Crippen molar-refractivity contribution in [2.24, 2.45) is 0 Å². The molecule has 1 aliphatic rings. The Morgan fingerprint density at radius 3 is 1.29 bits per heavy atom. The summed E-state index contributed by atoms with van der Waals surface area (Å²) in [5.74, 6) is 0.0326. The van der Waals surface area contributed by atoms with Crippen molar-refractivity contribution < 1.29 is 10.2 Å². The van der Waals surface area contributed by atoms with Crippen molar-refractivity contribution in [3.8, 4) is 11.5 Å². The van der Waals surface area contributed by atoms with Crippen LogP contribution in [0.4, 0.5) is 0 Å². The maximum Gasteiger partial charge on any atom is 0.118 e. The van der Waals surface area contributed by atoms with E-state index in [0.29, 0.717) is 20.1 Å². The molecule has 3 rings (SSSR count). The van der Waals surface area contributed by atoms with Crippen LogP contribution in [-0.4, -0.2) is 10.2 Å².